The summed E-state index contributed by atoms with van der Waals surface area (Å²) in [6.07, 6.45) is 2.54. The Hall–Kier alpha value is -2.29. The van der Waals surface area contributed by atoms with Crippen molar-refractivity contribution in [3.05, 3.63) is 59.7 Å². The van der Waals surface area contributed by atoms with Crippen molar-refractivity contribution in [2.45, 2.75) is 26.2 Å². The van der Waals surface area contributed by atoms with Crippen LogP contribution in [0, 0.1) is 0 Å². The summed E-state index contributed by atoms with van der Waals surface area (Å²) in [5.41, 5.74) is 1.69. The topological polar surface area (TPSA) is 35.5 Å². The summed E-state index contributed by atoms with van der Waals surface area (Å²) in [7, 11) is 1.63. The lowest BCUT2D eigenvalue weighted by molar-refractivity contribution is 0.0993. The molecule has 22 heavy (non-hydrogen) atoms. The first-order valence-corrected chi connectivity index (χ1v) is 7.62. The maximum atomic E-state index is 12.3. The summed E-state index contributed by atoms with van der Waals surface area (Å²) in [4.78, 5) is 12.3. The van der Waals surface area contributed by atoms with E-state index in [0.717, 1.165) is 36.5 Å². The minimum atomic E-state index is 0.102. The number of carbonyl (C=O) groups excluding carboxylic acids is 1. The third kappa shape index (κ3) is 4.62. The molecule has 2 rings (SSSR count). The molecule has 0 bridgehead atoms. The van der Waals surface area contributed by atoms with Crippen molar-refractivity contribution >= 4 is 5.78 Å². The van der Waals surface area contributed by atoms with Crippen molar-refractivity contribution in [2.75, 3.05) is 13.7 Å². The van der Waals surface area contributed by atoms with Gasteiger partial charge in [0.25, 0.3) is 0 Å². The summed E-state index contributed by atoms with van der Waals surface area (Å²) in [6, 6.07) is 14.9. The molecule has 0 saturated carbocycles. The van der Waals surface area contributed by atoms with Crippen molar-refractivity contribution in [1.82, 2.24) is 0 Å². The van der Waals surface area contributed by atoms with E-state index in [-0.39, 0.29) is 5.78 Å². The van der Waals surface area contributed by atoms with Gasteiger partial charge in [-0.1, -0.05) is 25.5 Å². The zero-order valence-corrected chi connectivity index (χ0v) is 13.2. The number of hydrogen-bond acceptors (Lipinski definition) is 3. The van der Waals surface area contributed by atoms with E-state index in [9.17, 15) is 4.79 Å². The lowest BCUT2D eigenvalue weighted by Crippen LogP contribution is -2.04. The van der Waals surface area contributed by atoms with E-state index >= 15 is 0 Å². The summed E-state index contributed by atoms with van der Waals surface area (Å²) in [6.45, 7) is 2.85. The van der Waals surface area contributed by atoms with Crippen LogP contribution in [-0.2, 0) is 6.42 Å². The second-order valence-corrected chi connectivity index (χ2v) is 5.17. The van der Waals surface area contributed by atoms with Gasteiger partial charge in [-0.05, 0) is 48.4 Å². The fourth-order valence-electron chi connectivity index (χ4n) is 2.10. The monoisotopic (exact) mass is 298 g/mol. The van der Waals surface area contributed by atoms with Gasteiger partial charge in [-0.3, -0.25) is 4.79 Å². The normalized spacial score (nSPS) is 10.3. The van der Waals surface area contributed by atoms with E-state index in [0.29, 0.717) is 12.0 Å². The van der Waals surface area contributed by atoms with Gasteiger partial charge in [-0.25, -0.2) is 0 Å². The number of rotatable bonds is 8. The molecule has 0 heterocycles. The molecule has 0 spiro atoms. The van der Waals surface area contributed by atoms with E-state index in [4.69, 9.17) is 9.47 Å². The van der Waals surface area contributed by atoms with Crippen LogP contribution in [0.4, 0.5) is 0 Å². The van der Waals surface area contributed by atoms with Gasteiger partial charge >= 0.3 is 0 Å². The van der Waals surface area contributed by atoms with Crippen molar-refractivity contribution < 1.29 is 14.3 Å². The molecule has 0 unspecified atom stereocenters. The van der Waals surface area contributed by atoms with Gasteiger partial charge < -0.3 is 9.47 Å². The quantitative estimate of drug-likeness (QED) is 0.538. The molecule has 0 aromatic heterocycles. The summed E-state index contributed by atoms with van der Waals surface area (Å²) in [5.74, 6) is 1.71. The standard InChI is InChI=1S/C19H22O3/c1-3-4-13-22-18-11-7-16(8-12-18)19(20)14-15-5-9-17(21-2)10-6-15/h5-12H,3-4,13-14H2,1-2H3. The molecule has 0 N–H and O–H groups in total. The number of ether oxygens (including phenoxy) is 2. The van der Waals surface area contributed by atoms with Crippen LogP contribution in [0.1, 0.15) is 35.7 Å². The molecule has 0 aliphatic carbocycles. The Labute approximate surface area is 131 Å². The Morgan fingerprint density at radius 3 is 2.18 bits per heavy atom. The number of hydrogen-bond donors (Lipinski definition) is 0. The summed E-state index contributed by atoms with van der Waals surface area (Å²) >= 11 is 0. The smallest absolute Gasteiger partial charge is 0.167 e. The van der Waals surface area contributed by atoms with Crippen LogP contribution in [0.2, 0.25) is 0 Å². The predicted molar refractivity (Wildman–Crippen MR) is 87.9 cm³/mol. The molecule has 0 atom stereocenters. The SMILES string of the molecule is CCCCOc1ccc(C(=O)Cc2ccc(OC)cc2)cc1. The maximum Gasteiger partial charge on any atom is 0.167 e. The predicted octanol–water partition coefficient (Wildman–Crippen LogP) is 4.30. The number of benzene rings is 2. The third-order valence-electron chi connectivity index (χ3n) is 3.47. The van der Waals surface area contributed by atoms with Gasteiger partial charge in [0, 0.05) is 12.0 Å². The largest absolute Gasteiger partial charge is 0.497 e. The minimum absolute atomic E-state index is 0.102. The molecule has 0 amide bonds. The van der Waals surface area contributed by atoms with Gasteiger partial charge in [-0.2, -0.15) is 0 Å². The molecule has 0 radical (unpaired) electrons. The summed E-state index contributed by atoms with van der Waals surface area (Å²) in [5, 5.41) is 0. The van der Waals surface area contributed by atoms with Crippen LogP contribution < -0.4 is 9.47 Å². The second kappa shape index (κ2) is 8.23. The first kappa shape index (κ1) is 16.1. The Morgan fingerprint density at radius 2 is 1.59 bits per heavy atom. The number of carbonyl (C=O) groups is 1. The number of methoxy groups -OCH3 is 1. The second-order valence-electron chi connectivity index (χ2n) is 5.17. The Kier molecular flexibility index (Phi) is 6.01. The minimum Gasteiger partial charge on any atom is -0.497 e. The molecule has 3 heteroatoms. The van der Waals surface area contributed by atoms with Gasteiger partial charge in [0.2, 0.25) is 0 Å². The first-order valence-electron chi connectivity index (χ1n) is 7.62. The number of Topliss-reactive ketones (excluding diaryl/α,β-unsaturated/α-hetero) is 1. The van der Waals surface area contributed by atoms with Gasteiger partial charge in [0.05, 0.1) is 13.7 Å². The van der Waals surface area contributed by atoms with Crippen LogP contribution in [0.25, 0.3) is 0 Å². The lowest BCUT2D eigenvalue weighted by atomic mass is 10.0. The Balaban J connectivity index is 1.94. The highest BCUT2D eigenvalue weighted by Crippen LogP contribution is 2.16. The lowest BCUT2D eigenvalue weighted by Gasteiger charge is -2.07. The van der Waals surface area contributed by atoms with Gasteiger partial charge in [0.15, 0.2) is 5.78 Å². The number of ketones is 1. The first-order chi connectivity index (χ1) is 10.7. The average molecular weight is 298 g/mol. The third-order valence-corrected chi connectivity index (χ3v) is 3.47. The molecular weight excluding hydrogens is 276 g/mol. The van der Waals surface area contributed by atoms with Gasteiger partial charge in [0.1, 0.15) is 11.5 Å². The highest BCUT2D eigenvalue weighted by Gasteiger charge is 2.07. The fourth-order valence-corrected chi connectivity index (χ4v) is 2.10. The van der Waals surface area contributed by atoms with Crippen LogP contribution in [0.3, 0.4) is 0 Å². The van der Waals surface area contributed by atoms with Crippen molar-refractivity contribution in [3.8, 4) is 11.5 Å². The zero-order chi connectivity index (χ0) is 15.8. The Morgan fingerprint density at radius 1 is 0.955 bits per heavy atom. The molecule has 2 aromatic carbocycles. The highest BCUT2D eigenvalue weighted by molar-refractivity contribution is 5.97. The average Bonchev–Trinajstić information content (AvgIpc) is 2.56. The van der Waals surface area contributed by atoms with Crippen LogP contribution in [0.15, 0.2) is 48.5 Å². The van der Waals surface area contributed by atoms with Crippen LogP contribution in [-0.4, -0.2) is 19.5 Å². The highest BCUT2D eigenvalue weighted by atomic mass is 16.5. The molecule has 0 saturated heterocycles. The van der Waals surface area contributed by atoms with Crippen LogP contribution >= 0.6 is 0 Å². The molecule has 0 fully saturated rings. The molecule has 0 aliphatic rings. The molecule has 2 aromatic rings. The van der Waals surface area contributed by atoms with E-state index in [1.165, 1.54) is 0 Å². The molecular formula is C19H22O3. The van der Waals surface area contributed by atoms with Crippen molar-refractivity contribution in [1.29, 1.82) is 0 Å². The molecule has 0 aliphatic heterocycles. The van der Waals surface area contributed by atoms with E-state index in [1.54, 1.807) is 7.11 Å². The fraction of sp³-hybridized carbons (Fsp3) is 0.316. The zero-order valence-electron chi connectivity index (χ0n) is 13.2. The number of unbranched alkanes of at least 4 members (excludes halogenated alkanes) is 1. The van der Waals surface area contributed by atoms with Crippen molar-refractivity contribution in [3.63, 3.8) is 0 Å². The summed E-state index contributed by atoms with van der Waals surface area (Å²) < 4.78 is 10.7. The maximum absolute atomic E-state index is 12.3. The van der Waals surface area contributed by atoms with Crippen LogP contribution in [0.5, 0.6) is 11.5 Å². The van der Waals surface area contributed by atoms with E-state index in [1.807, 2.05) is 48.5 Å². The van der Waals surface area contributed by atoms with Gasteiger partial charge in [-0.15, -0.1) is 0 Å². The van der Waals surface area contributed by atoms with E-state index in [2.05, 4.69) is 6.92 Å². The molecule has 3 nitrogen and oxygen atoms in total. The molecule has 116 valence electrons. The van der Waals surface area contributed by atoms with E-state index < -0.39 is 0 Å². The Bertz CT molecular complexity index is 585. The van der Waals surface area contributed by atoms with Crippen molar-refractivity contribution in [2.24, 2.45) is 0 Å².